The van der Waals surface area contributed by atoms with Crippen LogP contribution in [-0.4, -0.2) is 33.9 Å². The number of likely N-dealkylation sites (tertiary alicyclic amines) is 1. The van der Waals surface area contributed by atoms with Crippen LogP contribution in [0.3, 0.4) is 0 Å². The zero-order valence-electron chi connectivity index (χ0n) is 13.5. The molecule has 0 bridgehead atoms. The Bertz CT molecular complexity index is 831. The smallest absolute Gasteiger partial charge is 0.257 e. The van der Waals surface area contributed by atoms with E-state index in [-0.39, 0.29) is 5.91 Å². The lowest BCUT2D eigenvalue weighted by molar-refractivity contribution is 0.102. The van der Waals surface area contributed by atoms with E-state index in [9.17, 15) is 4.79 Å². The lowest BCUT2D eigenvalue weighted by Crippen LogP contribution is -2.19. The SMILES string of the molecule is O=C(Nc1nc2ccccc2[nH]1)c1cccc(CN2CCCC2)c1. The number of carbonyl (C=O) groups is 1. The minimum absolute atomic E-state index is 0.141. The highest BCUT2D eigenvalue weighted by molar-refractivity contribution is 6.04. The summed E-state index contributed by atoms with van der Waals surface area (Å²) < 4.78 is 0. The Balaban J connectivity index is 1.49. The fourth-order valence-corrected chi connectivity index (χ4v) is 3.20. The minimum atomic E-state index is -0.141. The molecule has 0 atom stereocenters. The molecule has 0 saturated carbocycles. The topological polar surface area (TPSA) is 61.0 Å². The van der Waals surface area contributed by atoms with Gasteiger partial charge in [-0.2, -0.15) is 0 Å². The van der Waals surface area contributed by atoms with Gasteiger partial charge in [-0.15, -0.1) is 0 Å². The monoisotopic (exact) mass is 320 g/mol. The van der Waals surface area contributed by atoms with Gasteiger partial charge in [-0.1, -0.05) is 24.3 Å². The van der Waals surface area contributed by atoms with E-state index in [0.29, 0.717) is 11.5 Å². The summed E-state index contributed by atoms with van der Waals surface area (Å²) in [6, 6.07) is 15.5. The summed E-state index contributed by atoms with van der Waals surface area (Å²) >= 11 is 0. The summed E-state index contributed by atoms with van der Waals surface area (Å²) in [7, 11) is 0. The van der Waals surface area contributed by atoms with E-state index >= 15 is 0 Å². The van der Waals surface area contributed by atoms with Gasteiger partial charge in [0, 0.05) is 12.1 Å². The third-order valence-electron chi connectivity index (χ3n) is 4.42. The number of fused-ring (bicyclic) bond motifs is 1. The standard InChI is InChI=1S/C19H20N4O/c24-18(22-19-20-16-8-1-2-9-17(16)21-19)15-7-5-6-14(12-15)13-23-10-3-4-11-23/h1-2,5-9,12H,3-4,10-11,13H2,(H2,20,21,22,24). The molecule has 5 nitrogen and oxygen atoms in total. The maximum absolute atomic E-state index is 12.5. The molecule has 1 fully saturated rings. The van der Waals surface area contributed by atoms with Crippen LogP contribution in [0.2, 0.25) is 0 Å². The van der Waals surface area contributed by atoms with Crippen LogP contribution in [0.1, 0.15) is 28.8 Å². The number of amides is 1. The number of H-pyrrole nitrogens is 1. The van der Waals surface area contributed by atoms with Gasteiger partial charge in [0.15, 0.2) is 0 Å². The Kier molecular flexibility index (Phi) is 4.01. The van der Waals surface area contributed by atoms with Crippen molar-refractivity contribution in [1.82, 2.24) is 14.9 Å². The Labute approximate surface area is 140 Å². The van der Waals surface area contributed by atoms with E-state index in [1.54, 1.807) is 0 Å². The van der Waals surface area contributed by atoms with E-state index in [0.717, 1.165) is 30.7 Å². The first-order valence-electron chi connectivity index (χ1n) is 8.35. The highest BCUT2D eigenvalue weighted by Crippen LogP contribution is 2.16. The Morgan fingerprint density at radius 2 is 1.96 bits per heavy atom. The number of nitrogens with zero attached hydrogens (tertiary/aromatic N) is 2. The number of hydrogen-bond acceptors (Lipinski definition) is 3. The van der Waals surface area contributed by atoms with Crippen LogP contribution in [0.4, 0.5) is 5.95 Å². The molecule has 2 aromatic carbocycles. The van der Waals surface area contributed by atoms with E-state index in [4.69, 9.17) is 0 Å². The van der Waals surface area contributed by atoms with Crippen molar-refractivity contribution < 1.29 is 4.79 Å². The first-order chi connectivity index (χ1) is 11.8. The second-order valence-electron chi connectivity index (χ2n) is 6.24. The van der Waals surface area contributed by atoms with Crippen molar-refractivity contribution in [3.8, 4) is 0 Å². The number of aromatic amines is 1. The molecule has 2 N–H and O–H groups in total. The predicted molar refractivity (Wildman–Crippen MR) is 95.0 cm³/mol. The van der Waals surface area contributed by atoms with Crippen molar-refractivity contribution in [2.45, 2.75) is 19.4 Å². The highest BCUT2D eigenvalue weighted by Gasteiger charge is 2.13. The summed E-state index contributed by atoms with van der Waals surface area (Å²) in [5, 5.41) is 2.85. The van der Waals surface area contributed by atoms with Gasteiger partial charge in [0.1, 0.15) is 0 Å². The number of hydrogen-bond donors (Lipinski definition) is 2. The zero-order valence-corrected chi connectivity index (χ0v) is 13.5. The third kappa shape index (κ3) is 3.16. The highest BCUT2D eigenvalue weighted by atomic mass is 16.1. The molecular formula is C19H20N4O. The van der Waals surface area contributed by atoms with E-state index < -0.39 is 0 Å². The molecule has 24 heavy (non-hydrogen) atoms. The van der Waals surface area contributed by atoms with Crippen molar-refractivity contribution >= 4 is 22.9 Å². The molecule has 1 saturated heterocycles. The van der Waals surface area contributed by atoms with Crippen LogP contribution < -0.4 is 5.32 Å². The molecule has 1 aliphatic heterocycles. The lowest BCUT2D eigenvalue weighted by Gasteiger charge is -2.14. The van der Waals surface area contributed by atoms with Crippen LogP contribution in [-0.2, 0) is 6.54 Å². The molecule has 3 aromatic rings. The van der Waals surface area contributed by atoms with Crippen molar-refractivity contribution in [2.24, 2.45) is 0 Å². The normalized spacial score (nSPS) is 15.0. The Hall–Kier alpha value is -2.66. The number of benzene rings is 2. The number of aromatic nitrogens is 2. The molecule has 2 heterocycles. The lowest BCUT2D eigenvalue weighted by atomic mass is 10.1. The summed E-state index contributed by atoms with van der Waals surface area (Å²) in [6.07, 6.45) is 2.54. The molecule has 0 radical (unpaired) electrons. The summed E-state index contributed by atoms with van der Waals surface area (Å²) in [6.45, 7) is 3.20. The van der Waals surface area contributed by atoms with Crippen molar-refractivity contribution in [3.63, 3.8) is 0 Å². The second-order valence-corrected chi connectivity index (χ2v) is 6.24. The van der Waals surface area contributed by atoms with Gasteiger partial charge in [-0.05, 0) is 55.8 Å². The van der Waals surface area contributed by atoms with Gasteiger partial charge >= 0.3 is 0 Å². The fraction of sp³-hybridized carbons (Fsp3) is 0.263. The van der Waals surface area contributed by atoms with Gasteiger partial charge < -0.3 is 4.98 Å². The van der Waals surface area contributed by atoms with Gasteiger partial charge in [0.05, 0.1) is 11.0 Å². The number of imidazole rings is 1. The maximum atomic E-state index is 12.5. The van der Waals surface area contributed by atoms with Crippen LogP contribution in [0.25, 0.3) is 11.0 Å². The Morgan fingerprint density at radius 3 is 2.79 bits per heavy atom. The van der Waals surface area contributed by atoms with Crippen molar-refractivity contribution in [3.05, 3.63) is 59.7 Å². The quantitative estimate of drug-likeness (QED) is 0.774. The van der Waals surface area contributed by atoms with E-state index in [1.807, 2.05) is 42.5 Å². The van der Waals surface area contributed by atoms with Crippen LogP contribution >= 0.6 is 0 Å². The largest absolute Gasteiger partial charge is 0.324 e. The molecule has 1 aromatic heterocycles. The average molecular weight is 320 g/mol. The molecule has 1 aliphatic rings. The zero-order chi connectivity index (χ0) is 16.4. The number of anilines is 1. The van der Waals surface area contributed by atoms with Crippen LogP contribution in [0.15, 0.2) is 48.5 Å². The molecule has 4 rings (SSSR count). The van der Waals surface area contributed by atoms with Gasteiger partial charge in [-0.3, -0.25) is 15.0 Å². The minimum Gasteiger partial charge on any atom is -0.324 e. The predicted octanol–water partition coefficient (Wildman–Crippen LogP) is 3.41. The fourth-order valence-electron chi connectivity index (χ4n) is 3.20. The number of nitrogens with one attached hydrogen (secondary N) is 2. The maximum Gasteiger partial charge on any atom is 0.257 e. The second kappa shape index (κ2) is 6.45. The van der Waals surface area contributed by atoms with Gasteiger partial charge in [0.25, 0.3) is 5.91 Å². The van der Waals surface area contributed by atoms with Crippen LogP contribution in [0, 0.1) is 0 Å². The molecule has 0 spiro atoms. The van der Waals surface area contributed by atoms with Gasteiger partial charge in [0.2, 0.25) is 5.95 Å². The summed E-state index contributed by atoms with van der Waals surface area (Å²) in [4.78, 5) is 22.4. The van der Waals surface area contributed by atoms with Crippen molar-refractivity contribution in [2.75, 3.05) is 18.4 Å². The molecule has 1 amide bonds. The van der Waals surface area contributed by atoms with Crippen molar-refractivity contribution in [1.29, 1.82) is 0 Å². The van der Waals surface area contributed by atoms with Crippen LogP contribution in [0.5, 0.6) is 0 Å². The summed E-state index contributed by atoms with van der Waals surface area (Å²) in [5.41, 5.74) is 3.59. The average Bonchev–Trinajstić information content (AvgIpc) is 3.24. The molecular weight excluding hydrogens is 300 g/mol. The molecule has 5 heteroatoms. The molecule has 0 aliphatic carbocycles. The third-order valence-corrected chi connectivity index (χ3v) is 4.42. The van der Waals surface area contributed by atoms with E-state index in [2.05, 4.69) is 26.3 Å². The number of para-hydroxylation sites is 2. The number of rotatable bonds is 4. The Morgan fingerprint density at radius 1 is 1.12 bits per heavy atom. The first-order valence-corrected chi connectivity index (χ1v) is 8.35. The van der Waals surface area contributed by atoms with Gasteiger partial charge in [-0.25, -0.2) is 4.98 Å². The molecule has 122 valence electrons. The van der Waals surface area contributed by atoms with E-state index in [1.165, 1.54) is 18.4 Å². The number of carbonyl (C=O) groups excluding carboxylic acids is 1. The first kappa shape index (κ1) is 14.9. The summed E-state index contributed by atoms with van der Waals surface area (Å²) in [5.74, 6) is 0.337. The molecule has 0 unspecified atom stereocenters.